The first kappa shape index (κ1) is 20.3. The number of ether oxygens (including phenoxy) is 2. The third-order valence-corrected chi connectivity index (χ3v) is 6.14. The van der Waals surface area contributed by atoms with Gasteiger partial charge in [0.1, 0.15) is 5.75 Å². The normalized spacial score (nSPS) is 21.7. The van der Waals surface area contributed by atoms with Crippen LogP contribution in [0.3, 0.4) is 0 Å². The summed E-state index contributed by atoms with van der Waals surface area (Å²) in [6.45, 7) is 4.26. The van der Waals surface area contributed by atoms with E-state index < -0.39 is 6.10 Å². The summed E-state index contributed by atoms with van der Waals surface area (Å²) < 4.78 is 11.1. The minimum atomic E-state index is -0.537. The molecule has 29 heavy (non-hydrogen) atoms. The number of methoxy groups -OCH3 is 1. The maximum Gasteiger partial charge on any atom is 0.254 e. The standard InChI is InChI=1S/C21H23Cl2N3O3/c1-13-20-14(7-15(22)8-18(20)23)3-4-26(13)21(27)19-12-25(5-6-29-19)16-9-17(28-2)11-24-10-16/h7-11,13,19H,3-6,12H2,1-2H3/t13-,19+/m0/s1. The number of amides is 1. The number of nitrogens with zero attached hydrogens (tertiary/aromatic N) is 3. The van der Waals surface area contributed by atoms with E-state index in [1.807, 2.05) is 24.0 Å². The van der Waals surface area contributed by atoms with Crippen molar-refractivity contribution in [2.24, 2.45) is 0 Å². The van der Waals surface area contributed by atoms with E-state index in [9.17, 15) is 4.79 Å². The Morgan fingerprint density at radius 2 is 2.07 bits per heavy atom. The topological polar surface area (TPSA) is 54.9 Å². The van der Waals surface area contributed by atoms with Gasteiger partial charge in [0.2, 0.25) is 0 Å². The Balaban J connectivity index is 1.52. The van der Waals surface area contributed by atoms with Crippen LogP contribution in [0.1, 0.15) is 24.1 Å². The predicted molar refractivity (Wildman–Crippen MR) is 113 cm³/mol. The van der Waals surface area contributed by atoms with Gasteiger partial charge in [-0.05, 0) is 36.6 Å². The first-order chi connectivity index (χ1) is 14.0. The molecule has 2 aliphatic heterocycles. The molecule has 0 aliphatic carbocycles. The lowest BCUT2D eigenvalue weighted by molar-refractivity contribution is -0.147. The average Bonchev–Trinajstić information content (AvgIpc) is 2.73. The van der Waals surface area contributed by atoms with Crippen LogP contribution in [-0.2, 0) is 16.0 Å². The van der Waals surface area contributed by atoms with E-state index in [2.05, 4.69) is 9.88 Å². The number of hydrogen-bond donors (Lipinski definition) is 0. The van der Waals surface area contributed by atoms with E-state index in [0.29, 0.717) is 42.0 Å². The van der Waals surface area contributed by atoms with Crippen molar-refractivity contribution in [2.45, 2.75) is 25.5 Å². The Kier molecular flexibility index (Phi) is 5.86. The summed E-state index contributed by atoms with van der Waals surface area (Å²) in [5, 5.41) is 1.23. The Labute approximate surface area is 180 Å². The predicted octanol–water partition coefficient (Wildman–Crippen LogP) is 3.75. The molecule has 6 nitrogen and oxygen atoms in total. The Bertz CT molecular complexity index is 924. The number of anilines is 1. The van der Waals surface area contributed by atoms with Gasteiger partial charge in [-0.1, -0.05) is 23.2 Å². The molecule has 4 rings (SSSR count). The number of hydrogen-bond acceptors (Lipinski definition) is 5. The molecule has 0 bridgehead atoms. The molecule has 0 radical (unpaired) electrons. The lowest BCUT2D eigenvalue weighted by atomic mass is 9.93. The second-order valence-corrected chi connectivity index (χ2v) is 8.15. The number of halogens is 2. The van der Waals surface area contributed by atoms with E-state index in [4.69, 9.17) is 32.7 Å². The van der Waals surface area contributed by atoms with Gasteiger partial charge >= 0.3 is 0 Å². The molecule has 0 saturated carbocycles. The molecular weight excluding hydrogens is 413 g/mol. The lowest BCUT2D eigenvalue weighted by Crippen LogP contribution is -2.52. The van der Waals surface area contributed by atoms with Crippen LogP contribution in [0, 0.1) is 0 Å². The quantitative estimate of drug-likeness (QED) is 0.734. The molecule has 1 aromatic carbocycles. The minimum absolute atomic E-state index is 0.0188. The first-order valence-corrected chi connectivity index (χ1v) is 10.4. The molecule has 1 saturated heterocycles. The van der Waals surface area contributed by atoms with Crippen LogP contribution in [-0.4, -0.2) is 55.2 Å². The summed E-state index contributed by atoms with van der Waals surface area (Å²) >= 11 is 12.6. The summed E-state index contributed by atoms with van der Waals surface area (Å²) in [6.07, 6.45) is 3.63. The van der Waals surface area contributed by atoms with Gasteiger partial charge in [-0.3, -0.25) is 9.78 Å². The zero-order valence-electron chi connectivity index (χ0n) is 16.4. The van der Waals surface area contributed by atoms with Gasteiger partial charge in [0.15, 0.2) is 6.10 Å². The van der Waals surface area contributed by atoms with Gasteiger partial charge in [0.05, 0.1) is 44.4 Å². The molecule has 8 heteroatoms. The molecule has 2 atom stereocenters. The molecule has 154 valence electrons. The first-order valence-electron chi connectivity index (χ1n) is 9.62. The largest absolute Gasteiger partial charge is 0.495 e. The van der Waals surface area contributed by atoms with E-state index in [1.165, 1.54) is 0 Å². The number of carbonyl (C=O) groups is 1. The van der Waals surface area contributed by atoms with Crippen LogP contribution in [0.25, 0.3) is 0 Å². The van der Waals surface area contributed by atoms with Crippen molar-refractivity contribution in [2.75, 3.05) is 38.3 Å². The molecule has 2 aromatic rings. The van der Waals surface area contributed by atoms with Crippen molar-refractivity contribution < 1.29 is 14.3 Å². The fraction of sp³-hybridized carbons (Fsp3) is 0.429. The van der Waals surface area contributed by atoms with E-state index in [1.54, 1.807) is 25.6 Å². The van der Waals surface area contributed by atoms with Crippen molar-refractivity contribution in [3.8, 4) is 5.75 Å². The number of aromatic nitrogens is 1. The van der Waals surface area contributed by atoms with Gasteiger partial charge in [0.25, 0.3) is 5.91 Å². The van der Waals surface area contributed by atoms with Crippen LogP contribution in [0.2, 0.25) is 10.0 Å². The summed E-state index contributed by atoms with van der Waals surface area (Å²) in [5.41, 5.74) is 2.99. The zero-order chi connectivity index (χ0) is 20.5. The van der Waals surface area contributed by atoms with Gasteiger partial charge in [-0.15, -0.1) is 0 Å². The smallest absolute Gasteiger partial charge is 0.254 e. The minimum Gasteiger partial charge on any atom is -0.495 e. The third-order valence-electron chi connectivity index (χ3n) is 5.61. The molecular formula is C21H23Cl2N3O3. The molecule has 2 aliphatic rings. The zero-order valence-corrected chi connectivity index (χ0v) is 17.9. The van der Waals surface area contributed by atoms with Crippen LogP contribution in [0.5, 0.6) is 5.75 Å². The van der Waals surface area contributed by atoms with Crippen molar-refractivity contribution in [1.82, 2.24) is 9.88 Å². The molecule has 0 N–H and O–H groups in total. The Morgan fingerprint density at radius 3 is 2.86 bits per heavy atom. The number of benzene rings is 1. The van der Waals surface area contributed by atoms with Crippen molar-refractivity contribution in [1.29, 1.82) is 0 Å². The second-order valence-electron chi connectivity index (χ2n) is 7.31. The highest BCUT2D eigenvalue weighted by Gasteiger charge is 2.36. The highest BCUT2D eigenvalue weighted by molar-refractivity contribution is 6.35. The van der Waals surface area contributed by atoms with Crippen LogP contribution < -0.4 is 9.64 Å². The number of carbonyl (C=O) groups excluding carboxylic acids is 1. The van der Waals surface area contributed by atoms with E-state index in [-0.39, 0.29) is 11.9 Å². The molecule has 1 fully saturated rings. The number of pyridine rings is 1. The summed E-state index contributed by atoms with van der Waals surface area (Å²) in [4.78, 5) is 21.5. The molecule has 3 heterocycles. The Morgan fingerprint density at radius 1 is 1.24 bits per heavy atom. The summed E-state index contributed by atoms with van der Waals surface area (Å²) in [6, 6.07) is 5.47. The maximum absolute atomic E-state index is 13.3. The van der Waals surface area contributed by atoms with Gasteiger partial charge in [0, 0.05) is 29.2 Å². The molecule has 0 spiro atoms. The third kappa shape index (κ3) is 4.02. The van der Waals surface area contributed by atoms with Crippen molar-refractivity contribution in [3.63, 3.8) is 0 Å². The monoisotopic (exact) mass is 435 g/mol. The van der Waals surface area contributed by atoms with E-state index >= 15 is 0 Å². The summed E-state index contributed by atoms with van der Waals surface area (Å²) in [7, 11) is 1.61. The molecule has 1 amide bonds. The van der Waals surface area contributed by atoms with Crippen molar-refractivity contribution >= 4 is 34.8 Å². The Hall–Kier alpha value is -2.02. The fourth-order valence-electron chi connectivity index (χ4n) is 4.11. The highest BCUT2D eigenvalue weighted by atomic mass is 35.5. The van der Waals surface area contributed by atoms with Crippen LogP contribution >= 0.6 is 23.2 Å². The number of rotatable bonds is 3. The van der Waals surface area contributed by atoms with Crippen LogP contribution in [0.15, 0.2) is 30.6 Å². The summed E-state index contributed by atoms with van der Waals surface area (Å²) in [5.74, 6) is 0.668. The number of fused-ring (bicyclic) bond motifs is 1. The van der Waals surface area contributed by atoms with E-state index in [0.717, 1.165) is 23.2 Å². The maximum atomic E-state index is 13.3. The lowest BCUT2D eigenvalue weighted by Gasteiger charge is -2.40. The molecule has 0 unspecified atom stereocenters. The molecule has 1 aromatic heterocycles. The highest BCUT2D eigenvalue weighted by Crippen LogP contribution is 2.37. The van der Waals surface area contributed by atoms with Gasteiger partial charge < -0.3 is 19.3 Å². The average molecular weight is 436 g/mol. The van der Waals surface area contributed by atoms with Crippen molar-refractivity contribution in [3.05, 3.63) is 51.8 Å². The van der Waals surface area contributed by atoms with Crippen LogP contribution in [0.4, 0.5) is 5.69 Å². The number of morpholine rings is 1. The second kappa shape index (κ2) is 8.38. The van der Waals surface area contributed by atoms with Gasteiger partial charge in [-0.2, -0.15) is 0 Å². The van der Waals surface area contributed by atoms with Gasteiger partial charge in [-0.25, -0.2) is 0 Å². The fourth-order valence-corrected chi connectivity index (χ4v) is 4.81. The SMILES string of the molecule is COc1cncc(N2CCO[C@@H](C(=O)N3CCc4cc(Cl)cc(Cl)c4[C@@H]3C)C2)c1.